The van der Waals surface area contributed by atoms with Crippen LogP contribution < -0.4 is 9.88 Å². The van der Waals surface area contributed by atoms with Crippen LogP contribution in [-0.2, 0) is 9.59 Å². The van der Waals surface area contributed by atoms with Crippen molar-refractivity contribution in [2.45, 2.75) is 32.1 Å². The van der Waals surface area contributed by atoms with E-state index in [2.05, 4.69) is 16.0 Å². The Bertz CT molecular complexity index is 549. The Hall–Kier alpha value is -2.11. The molecular formula is C18H27N4O2+. The molecule has 2 fully saturated rings. The first-order chi connectivity index (χ1) is 11.7. The molecule has 1 aromatic heterocycles. The number of H-pyrrole nitrogens is 1. The lowest BCUT2D eigenvalue weighted by molar-refractivity contribution is -0.364. The third-order valence-electron chi connectivity index (χ3n) is 4.93. The van der Waals surface area contributed by atoms with E-state index in [1.54, 1.807) is 0 Å². The second-order valence-corrected chi connectivity index (χ2v) is 6.56. The summed E-state index contributed by atoms with van der Waals surface area (Å²) in [6.07, 6.45) is 6.01. The molecule has 2 aliphatic rings. The van der Waals surface area contributed by atoms with Crippen LogP contribution >= 0.6 is 0 Å². The molecule has 0 radical (unpaired) electrons. The summed E-state index contributed by atoms with van der Waals surface area (Å²) < 4.78 is 0. The molecular weight excluding hydrogens is 304 g/mol. The van der Waals surface area contributed by atoms with Crippen LogP contribution in [0.2, 0.25) is 0 Å². The zero-order chi connectivity index (χ0) is 16.8. The summed E-state index contributed by atoms with van der Waals surface area (Å²) >= 11 is 0. The standard InChI is InChI=1S/C18H26N4O2/c23-17(21-10-4-1-5-11-21)7-8-18(24)22-14-12-20(13-15-22)16-6-2-3-9-19-16/h2-3,6,9H,1,4-5,7-8,10-15H2/p+1. The van der Waals surface area contributed by atoms with Gasteiger partial charge >= 0.3 is 0 Å². The maximum Gasteiger partial charge on any atom is 0.274 e. The van der Waals surface area contributed by atoms with Crippen LogP contribution in [0, 0.1) is 0 Å². The number of pyridine rings is 1. The van der Waals surface area contributed by atoms with Crippen LogP contribution in [0.25, 0.3) is 0 Å². The highest BCUT2D eigenvalue weighted by Crippen LogP contribution is 2.13. The number of piperidine rings is 1. The SMILES string of the molecule is O=C(CCC(=O)N1CCN(c2cccc[nH+]2)CC1)N1CCCCC1. The van der Waals surface area contributed by atoms with Crippen LogP contribution in [0.4, 0.5) is 5.82 Å². The summed E-state index contributed by atoms with van der Waals surface area (Å²) in [7, 11) is 0. The Morgan fingerprint density at radius 3 is 2.04 bits per heavy atom. The van der Waals surface area contributed by atoms with Gasteiger partial charge in [-0.1, -0.05) is 6.07 Å². The van der Waals surface area contributed by atoms with Crippen LogP contribution in [0.3, 0.4) is 0 Å². The number of nitrogens with zero attached hydrogens (tertiary/aromatic N) is 3. The topological polar surface area (TPSA) is 58.0 Å². The van der Waals surface area contributed by atoms with Crippen LogP contribution in [0.15, 0.2) is 24.4 Å². The Morgan fingerprint density at radius 2 is 1.46 bits per heavy atom. The maximum absolute atomic E-state index is 12.4. The van der Waals surface area contributed by atoms with Gasteiger partial charge in [-0.05, 0) is 25.3 Å². The normalized spacial score (nSPS) is 18.6. The molecule has 0 saturated carbocycles. The predicted octanol–water partition coefficient (Wildman–Crippen LogP) is 0.942. The first-order valence-corrected chi connectivity index (χ1v) is 9.01. The van der Waals surface area contributed by atoms with E-state index >= 15 is 0 Å². The Balaban J connectivity index is 1.41. The number of rotatable bonds is 4. The molecule has 0 unspecified atom stereocenters. The van der Waals surface area contributed by atoms with Gasteiger partial charge in [0.05, 0.1) is 19.3 Å². The Morgan fingerprint density at radius 1 is 0.833 bits per heavy atom. The van der Waals surface area contributed by atoms with Crippen molar-refractivity contribution >= 4 is 17.6 Å². The van der Waals surface area contributed by atoms with Crippen molar-refractivity contribution in [1.82, 2.24) is 9.80 Å². The molecule has 1 aromatic rings. The summed E-state index contributed by atoms with van der Waals surface area (Å²) in [5.41, 5.74) is 0. The van der Waals surface area contributed by atoms with Gasteiger partial charge in [0.1, 0.15) is 13.1 Å². The van der Waals surface area contributed by atoms with Gasteiger partial charge in [-0.2, -0.15) is 0 Å². The molecule has 0 atom stereocenters. The monoisotopic (exact) mass is 331 g/mol. The molecule has 3 rings (SSSR count). The molecule has 0 aromatic carbocycles. The van der Waals surface area contributed by atoms with Crippen molar-refractivity contribution in [3.63, 3.8) is 0 Å². The predicted molar refractivity (Wildman–Crippen MR) is 91.5 cm³/mol. The summed E-state index contributed by atoms with van der Waals surface area (Å²) in [5, 5.41) is 0. The van der Waals surface area contributed by atoms with E-state index in [1.165, 1.54) is 6.42 Å². The minimum atomic E-state index is 0.108. The quantitative estimate of drug-likeness (QED) is 0.825. The maximum atomic E-state index is 12.4. The molecule has 2 saturated heterocycles. The van der Waals surface area contributed by atoms with Crippen molar-refractivity contribution in [2.75, 3.05) is 44.2 Å². The smallest absolute Gasteiger partial charge is 0.274 e. The molecule has 6 heteroatoms. The number of hydrogen-bond donors (Lipinski definition) is 0. The lowest BCUT2D eigenvalue weighted by atomic mass is 10.1. The van der Waals surface area contributed by atoms with Crippen molar-refractivity contribution in [1.29, 1.82) is 0 Å². The van der Waals surface area contributed by atoms with Crippen LogP contribution in [0.1, 0.15) is 32.1 Å². The van der Waals surface area contributed by atoms with E-state index < -0.39 is 0 Å². The Labute approximate surface area is 143 Å². The minimum absolute atomic E-state index is 0.108. The number of aromatic amines is 1. The number of carbonyl (C=O) groups excluding carboxylic acids is 2. The molecule has 0 spiro atoms. The summed E-state index contributed by atoms with van der Waals surface area (Å²) in [5.74, 6) is 1.34. The van der Waals surface area contributed by atoms with Gasteiger partial charge < -0.3 is 9.80 Å². The molecule has 2 amide bonds. The van der Waals surface area contributed by atoms with E-state index in [9.17, 15) is 9.59 Å². The fraction of sp³-hybridized carbons (Fsp3) is 0.611. The van der Waals surface area contributed by atoms with Crippen molar-refractivity contribution in [2.24, 2.45) is 0 Å². The molecule has 130 valence electrons. The zero-order valence-corrected chi connectivity index (χ0v) is 14.2. The van der Waals surface area contributed by atoms with Gasteiger partial charge in [0.2, 0.25) is 11.8 Å². The lowest BCUT2D eigenvalue weighted by Crippen LogP contribution is -2.50. The minimum Gasteiger partial charge on any atom is -0.343 e. The van der Waals surface area contributed by atoms with Crippen molar-refractivity contribution < 1.29 is 14.6 Å². The third-order valence-corrected chi connectivity index (χ3v) is 4.93. The van der Waals surface area contributed by atoms with E-state index in [1.807, 2.05) is 28.1 Å². The lowest BCUT2D eigenvalue weighted by Gasteiger charge is -2.31. The fourth-order valence-corrected chi connectivity index (χ4v) is 3.45. The number of hydrogen-bond acceptors (Lipinski definition) is 3. The van der Waals surface area contributed by atoms with Gasteiger partial charge in [0.15, 0.2) is 0 Å². The first kappa shape index (κ1) is 16.7. The Kier molecular flexibility index (Phi) is 5.67. The highest BCUT2D eigenvalue weighted by atomic mass is 16.2. The van der Waals surface area contributed by atoms with Gasteiger partial charge in [0.25, 0.3) is 5.82 Å². The van der Waals surface area contributed by atoms with Gasteiger partial charge in [-0.15, -0.1) is 0 Å². The summed E-state index contributed by atoms with van der Waals surface area (Å²) in [6.45, 7) is 4.82. The highest BCUT2D eigenvalue weighted by molar-refractivity contribution is 5.84. The summed E-state index contributed by atoms with van der Waals surface area (Å²) in [4.78, 5) is 33.8. The first-order valence-electron chi connectivity index (χ1n) is 9.01. The molecule has 24 heavy (non-hydrogen) atoms. The largest absolute Gasteiger partial charge is 0.343 e. The fourth-order valence-electron chi connectivity index (χ4n) is 3.45. The number of aromatic nitrogens is 1. The van der Waals surface area contributed by atoms with Gasteiger partial charge in [0, 0.05) is 32.0 Å². The molecule has 0 bridgehead atoms. The number of anilines is 1. The van der Waals surface area contributed by atoms with Gasteiger partial charge in [-0.3, -0.25) is 14.5 Å². The number of carbonyl (C=O) groups is 2. The van der Waals surface area contributed by atoms with E-state index in [0.29, 0.717) is 12.8 Å². The van der Waals surface area contributed by atoms with Crippen molar-refractivity contribution in [3.05, 3.63) is 24.4 Å². The third kappa shape index (κ3) is 4.24. The molecule has 6 nitrogen and oxygen atoms in total. The van der Waals surface area contributed by atoms with Gasteiger partial charge in [-0.25, -0.2) is 4.98 Å². The molecule has 2 aliphatic heterocycles. The number of nitrogens with one attached hydrogen (secondary N) is 1. The number of likely N-dealkylation sites (tertiary alicyclic amines) is 1. The zero-order valence-electron chi connectivity index (χ0n) is 14.2. The average molecular weight is 331 g/mol. The molecule has 1 N–H and O–H groups in total. The number of piperazine rings is 1. The molecule has 3 heterocycles. The summed E-state index contributed by atoms with van der Waals surface area (Å²) in [6, 6.07) is 6.02. The highest BCUT2D eigenvalue weighted by Gasteiger charge is 2.26. The number of amides is 2. The second-order valence-electron chi connectivity index (χ2n) is 6.56. The second kappa shape index (κ2) is 8.13. The molecule has 0 aliphatic carbocycles. The van der Waals surface area contributed by atoms with Crippen LogP contribution in [0.5, 0.6) is 0 Å². The van der Waals surface area contributed by atoms with E-state index in [4.69, 9.17) is 0 Å². The van der Waals surface area contributed by atoms with Crippen molar-refractivity contribution in [3.8, 4) is 0 Å². The van der Waals surface area contributed by atoms with Crippen LogP contribution in [-0.4, -0.2) is 60.9 Å². The van der Waals surface area contributed by atoms with E-state index in [-0.39, 0.29) is 11.8 Å². The average Bonchev–Trinajstić information content (AvgIpc) is 2.67. The van der Waals surface area contributed by atoms with E-state index in [0.717, 1.165) is 57.9 Å².